The molecule has 0 aliphatic rings. The average molecular weight is 220 g/mol. The Morgan fingerprint density at radius 1 is 1.56 bits per heavy atom. The molecule has 0 atom stereocenters. The minimum absolute atomic E-state index is 0.187. The SMILES string of the molecule is CC(C)OCCCn1cccc(C#N)c1=O. The molecule has 4 heteroatoms. The minimum Gasteiger partial charge on any atom is -0.379 e. The molecule has 4 nitrogen and oxygen atoms in total. The highest BCUT2D eigenvalue weighted by atomic mass is 16.5. The van der Waals surface area contributed by atoms with Crippen molar-refractivity contribution in [1.82, 2.24) is 4.57 Å². The van der Waals surface area contributed by atoms with Crippen molar-refractivity contribution in [3.63, 3.8) is 0 Å². The van der Waals surface area contributed by atoms with E-state index in [1.165, 1.54) is 6.07 Å². The fourth-order valence-electron chi connectivity index (χ4n) is 1.35. The molecule has 0 fully saturated rings. The second kappa shape index (κ2) is 6.09. The molecule has 0 spiro atoms. The van der Waals surface area contributed by atoms with E-state index in [0.717, 1.165) is 6.42 Å². The maximum Gasteiger partial charge on any atom is 0.268 e. The number of hydrogen-bond donors (Lipinski definition) is 0. The molecule has 0 radical (unpaired) electrons. The summed E-state index contributed by atoms with van der Waals surface area (Å²) in [7, 11) is 0. The Bertz CT molecular complexity index is 429. The Morgan fingerprint density at radius 3 is 2.94 bits per heavy atom. The lowest BCUT2D eigenvalue weighted by Gasteiger charge is -2.08. The van der Waals surface area contributed by atoms with Crippen molar-refractivity contribution >= 4 is 0 Å². The van der Waals surface area contributed by atoms with Crippen LogP contribution in [-0.2, 0) is 11.3 Å². The van der Waals surface area contributed by atoms with Crippen LogP contribution < -0.4 is 5.56 Å². The van der Waals surface area contributed by atoms with E-state index in [2.05, 4.69) is 0 Å². The maximum atomic E-state index is 11.6. The Kier molecular flexibility index (Phi) is 4.74. The average Bonchev–Trinajstić information content (AvgIpc) is 2.26. The quantitative estimate of drug-likeness (QED) is 0.707. The third-order valence-electron chi connectivity index (χ3n) is 2.14. The summed E-state index contributed by atoms with van der Waals surface area (Å²) in [5, 5.41) is 8.70. The van der Waals surface area contributed by atoms with E-state index in [-0.39, 0.29) is 17.2 Å². The number of ether oxygens (including phenoxy) is 1. The standard InChI is InChI=1S/C12H16N2O2/c1-10(2)16-8-4-7-14-6-3-5-11(9-13)12(14)15/h3,5-6,10H,4,7-8H2,1-2H3. The minimum atomic E-state index is -0.227. The van der Waals surface area contributed by atoms with Crippen molar-refractivity contribution in [2.75, 3.05) is 6.61 Å². The van der Waals surface area contributed by atoms with Gasteiger partial charge < -0.3 is 9.30 Å². The third-order valence-corrected chi connectivity index (χ3v) is 2.14. The molecule has 0 N–H and O–H groups in total. The summed E-state index contributed by atoms with van der Waals surface area (Å²) in [4.78, 5) is 11.6. The van der Waals surface area contributed by atoms with E-state index < -0.39 is 0 Å². The predicted octanol–water partition coefficient (Wildman–Crippen LogP) is 1.54. The van der Waals surface area contributed by atoms with Crippen LogP contribution in [0.5, 0.6) is 0 Å². The van der Waals surface area contributed by atoms with E-state index in [4.69, 9.17) is 10.00 Å². The first-order valence-electron chi connectivity index (χ1n) is 5.36. The van der Waals surface area contributed by atoms with E-state index in [9.17, 15) is 4.79 Å². The number of hydrogen-bond acceptors (Lipinski definition) is 3. The summed E-state index contributed by atoms with van der Waals surface area (Å²) in [5.74, 6) is 0. The fraction of sp³-hybridized carbons (Fsp3) is 0.500. The van der Waals surface area contributed by atoms with Crippen molar-refractivity contribution in [3.05, 3.63) is 34.2 Å². The monoisotopic (exact) mass is 220 g/mol. The molecule has 1 aromatic rings. The van der Waals surface area contributed by atoms with Crippen molar-refractivity contribution in [2.24, 2.45) is 0 Å². The van der Waals surface area contributed by atoms with Crippen LogP contribution in [0.2, 0.25) is 0 Å². The van der Waals surface area contributed by atoms with Gasteiger partial charge in [0.25, 0.3) is 5.56 Å². The first-order chi connectivity index (χ1) is 7.65. The van der Waals surface area contributed by atoms with Crippen LogP contribution >= 0.6 is 0 Å². The van der Waals surface area contributed by atoms with Crippen molar-refractivity contribution in [3.8, 4) is 6.07 Å². The lowest BCUT2D eigenvalue weighted by Crippen LogP contribution is -2.22. The molecule has 0 aromatic carbocycles. The molecule has 16 heavy (non-hydrogen) atoms. The molecule has 0 bridgehead atoms. The Hall–Kier alpha value is -1.60. The Labute approximate surface area is 95.1 Å². The van der Waals surface area contributed by atoms with E-state index >= 15 is 0 Å². The molecule has 0 amide bonds. The number of pyridine rings is 1. The van der Waals surface area contributed by atoms with Crippen LogP contribution in [-0.4, -0.2) is 17.3 Å². The van der Waals surface area contributed by atoms with Gasteiger partial charge in [-0.05, 0) is 32.4 Å². The molecule has 0 aliphatic heterocycles. The summed E-state index contributed by atoms with van der Waals surface area (Å²) in [5.41, 5.74) is -0.0400. The zero-order valence-corrected chi connectivity index (χ0v) is 9.64. The molecule has 1 aromatic heterocycles. The van der Waals surface area contributed by atoms with Crippen LogP contribution in [0.1, 0.15) is 25.8 Å². The molecule has 1 rings (SSSR count). The lowest BCUT2D eigenvalue weighted by atomic mass is 10.3. The van der Waals surface area contributed by atoms with Gasteiger partial charge in [0.05, 0.1) is 6.10 Å². The molecule has 0 unspecified atom stereocenters. The molecule has 0 aliphatic carbocycles. The number of nitrogens with zero attached hydrogens (tertiary/aromatic N) is 2. The van der Waals surface area contributed by atoms with Crippen LogP contribution in [0.4, 0.5) is 0 Å². The molecule has 0 saturated carbocycles. The highest BCUT2D eigenvalue weighted by Gasteiger charge is 2.01. The molecule has 86 valence electrons. The molecular formula is C12H16N2O2. The van der Waals surface area contributed by atoms with Gasteiger partial charge in [0.1, 0.15) is 11.6 Å². The Morgan fingerprint density at radius 2 is 2.31 bits per heavy atom. The number of aromatic nitrogens is 1. The molecule has 1 heterocycles. The first kappa shape index (κ1) is 12.5. The van der Waals surface area contributed by atoms with E-state index in [1.54, 1.807) is 16.8 Å². The van der Waals surface area contributed by atoms with Gasteiger partial charge in [-0.1, -0.05) is 0 Å². The summed E-state index contributed by atoms with van der Waals surface area (Å²) >= 11 is 0. The normalized spacial score (nSPS) is 10.4. The topological polar surface area (TPSA) is 55.0 Å². The van der Waals surface area contributed by atoms with Gasteiger partial charge in [-0.25, -0.2) is 0 Å². The van der Waals surface area contributed by atoms with Crippen LogP contribution in [0.15, 0.2) is 23.1 Å². The van der Waals surface area contributed by atoms with Crippen LogP contribution in [0.3, 0.4) is 0 Å². The number of rotatable bonds is 5. The zero-order valence-electron chi connectivity index (χ0n) is 9.64. The second-order valence-electron chi connectivity index (χ2n) is 3.81. The van der Waals surface area contributed by atoms with Crippen molar-refractivity contribution in [1.29, 1.82) is 5.26 Å². The molecular weight excluding hydrogens is 204 g/mol. The van der Waals surface area contributed by atoms with Gasteiger partial charge in [-0.15, -0.1) is 0 Å². The summed E-state index contributed by atoms with van der Waals surface area (Å²) < 4.78 is 6.92. The van der Waals surface area contributed by atoms with Gasteiger partial charge >= 0.3 is 0 Å². The molecule has 0 saturated heterocycles. The van der Waals surface area contributed by atoms with Gasteiger partial charge in [-0.3, -0.25) is 4.79 Å². The third kappa shape index (κ3) is 3.52. The van der Waals surface area contributed by atoms with Gasteiger partial charge in [0.2, 0.25) is 0 Å². The maximum absolute atomic E-state index is 11.6. The van der Waals surface area contributed by atoms with Crippen LogP contribution in [0.25, 0.3) is 0 Å². The highest BCUT2D eigenvalue weighted by Crippen LogP contribution is 1.94. The van der Waals surface area contributed by atoms with Crippen LogP contribution in [0, 0.1) is 11.3 Å². The smallest absolute Gasteiger partial charge is 0.268 e. The van der Waals surface area contributed by atoms with E-state index in [0.29, 0.717) is 13.2 Å². The summed E-state index contributed by atoms with van der Waals surface area (Å²) in [6, 6.07) is 5.12. The lowest BCUT2D eigenvalue weighted by molar-refractivity contribution is 0.0747. The largest absolute Gasteiger partial charge is 0.379 e. The second-order valence-corrected chi connectivity index (χ2v) is 3.81. The number of aryl methyl sites for hydroxylation is 1. The van der Waals surface area contributed by atoms with Crippen molar-refractivity contribution in [2.45, 2.75) is 32.9 Å². The van der Waals surface area contributed by atoms with E-state index in [1.807, 2.05) is 19.9 Å². The first-order valence-corrected chi connectivity index (χ1v) is 5.36. The Balaban J connectivity index is 2.55. The predicted molar refractivity (Wildman–Crippen MR) is 61.1 cm³/mol. The van der Waals surface area contributed by atoms with Gasteiger partial charge in [-0.2, -0.15) is 5.26 Å². The van der Waals surface area contributed by atoms with Gasteiger partial charge in [0.15, 0.2) is 0 Å². The van der Waals surface area contributed by atoms with Gasteiger partial charge in [0, 0.05) is 19.3 Å². The highest BCUT2D eigenvalue weighted by molar-refractivity contribution is 5.24. The fourth-order valence-corrected chi connectivity index (χ4v) is 1.35. The van der Waals surface area contributed by atoms with Crippen molar-refractivity contribution < 1.29 is 4.74 Å². The number of nitriles is 1. The summed E-state index contributed by atoms with van der Waals surface area (Å²) in [6.07, 6.45) is 2.67. The summed E-state index contributed by atoms with van der Waals surface area (Å²) in [6.45, 7) is 5.16. The zero-order chi connectivity index (χ0) is 12.0.